The molecule has 0 spiro atoms. The van der Waals surface area contributed by atoms with Crippen molar-refractivity contribution < 1.29 is 9.59 Å². The van der Waals surface area contributed by atoms with Crippen LogP contribution in [-0.2, 0) is 4.79 Å². The fourth-order valence-corrected chi connectivity index (χ4v) is 3.24. The lowest BCUT2D eigenvalue weighted by atomic mass is 10.1. The van der Waals surface area contributed by atoms with Crippen molar-refractivity contribution in [3.8, 4) is 0 Å². The van der Waals surface area contributed by atoms with Gasteiger partial charge in [0, 0.05) is 24.5 Å². The van der Waals surface area contributed by atoms with Crippen LogP contribution in [0.15, 0.2) is 48.5 Å². The van der Waals surface area contributed by atoms with Crippen molar-refractivity contribution in [3.63, 3.8) is 0 Å². The standard InChI is InChI=1S/C20H22ClN3O2/c21-18-7-3-2-6-17(18)20(26)22-14-19(25)23-15-8-10-16(11-9-15)24-12-4-1-5-13-24/h2-3,6-11H,1,4-5,12-14H2,(H,22,26)(H,23,25). The SMILES string of the molecule is O=C(CNC(=O)c1ccccc1Cl)Nc1ccc(N2CCCCC2)cc1. The van der Waals surface area contributed by atoms with Crippen LogP contribution in [0.2, 0.25) is 5.02 Å². The van der Waals surface area contributed by atoms with E-state index in [-0.39, 0.29) is 18.4 Å². The summed E-state index contributed by atoms with van der Waals surface area (Å²) < 4.78 is 0. The lowest BCUT2D eigenvalue weighted by molar-refractivity contribution is -0.115. The van der Waals surface area contributed by atoms with Crippen molar-refractivity contribution in [2.45, 2.75) is 19.3 Å². The molecule has 2 amide bonds. The van der Waals surface area contributed by atoms with Crippen LogP contribution in [0.5, 0.6) is 0 Å². The van der Waals surface area contributed by atoms with Crippen molar-refractivity contribution >= 4 is 34.8 Å². The average molecular weight is 372 g/mol. The Bertz CT molecular complexity index is 771. The van der Waals surface area contributed by atoms with E-state index in [1.54, 1.807) is 24.3 Å². The fraction of sp³-hybridized carbons (Fsp3) is 0.300. The average Bonchev–Trinajstić information content (AvgIpc) is 2.68. The fourth-order valence-electron chi connectivity index (χ4n) is 3.01. The molecule has 1 saturated heterocycles. The number of rotatable bonds is 5. The molecule has 0 saturated carbocycles. The number of benzene rings is 2. The predicted molar refractivity (Wildman–Crippen MR) is 105 cm³/mol. The molecule has 2 aromatic carbocycles. The van der Waals surface area contributed by atoms with Gasteiger partial charge in [0.2, 0.25) is 5.91 Å². The number of anilines is 2. The highest BCUT2D eigenvalue weighted by Gasteiger charge is 2.12. The molecule has 6 heteroatoms. The lowest BCUT2D eigenvalue weighted by Crippen LogP contribution is -2.33. The Kier molecular flexibility index (Phi) is 6.12. The van der Waals surface area contributed by atoms with Gasteiger partial charge in [0.25, 0.3) is 5.91 Å². The van der Waals surface area contributed by atoms with Crippen molar-refractivity contribution in [2.24, 2.45) is 0 Å². The summed E-state index contributed by atoms with van der Waals surface area (Å²) in [5.74, 6) is -0.651. The van der Waals surface area contributed by atoms with E-state index in [0.29, 0.717) is 16.3 Å². The van der Waals surface area contributed by atoms with Gasteiger partial charge in [-0.2, -0.15) is 0 Å². The van der Waals surface area contributed by atoms with E-state index < -0.39 is 0 Å². The Labute approximate surface area is 158 Å². The number of nitrogens with zero attached hydrogens (tertiary/aromatic N) is 1. The van der Waals surface area contributed by atoms with E-state index >= 15 is 0 Å². The number of hydrogen-bond donors (Lipinski definition) is 2. The Morgan fingerprint density at radius 1 is 0.962 bits per heavy atom. The van der Waals surface area contributed by atoms with Gasteiger partial charge in [0.15, 0.2) is 0 Å². The zero-order valence-electron chi connectivity index (χ0n) is 14.5. The van der Waals surface area contributed by atoms with Gasteiger partial charge in [-0.3, -0.25) is 9.59 Å². The molecule has 0 aromatic heterocycles. The topological polar surface area (TPSA) is 61.4 Å². The van der Waals surface area contributed by atoms with E-state index in [2.05, 4.69) is 15.5 Å². The van der Waals surface area contributed by atoms with Crippen LogP contribution in [0.25, 0.3) is 0 Å². The summed E-state index contributed by atoms with van der Waals surface area (Å²) in [6, 6.07) is 14.5. The minimum absolute atomic E-state index is 0.113. The molecule has 1 fully saturated rings. The van der Waals surface area contributed by atoms with Crippen LogP contribution in [0.1, 0.15) is 29.6 Å². The summed E-state index contributed by atoms with van der Waals surface area (Å²) in [6.45, 7) is 2.05. The third-order valence-corrected chi connectivity index (χ3v) is 4.73. The third kappa shape index (κ3) is 4.76. The normalized spacial score (nSPS) is 14.0. The first-order chi connectivity index (χ1) is 12.6. The molecule has 0 radical (unpaired) electrons. The largest absolute Gasteiger partial charge is 0.372 e. The number of carbonyl (C=O) groups excluding carboxylic acids is 2. The minimum atomic E-state index is -0.369. The second-order valence-corrected chi connectivity index (χ2v) is 6.71. The van der Waals surface area contributed by atoms with E-state index in [1.165, 1.54) is 24.9 Å². The Morgan fingerprint density at radius 2 is 1.65 bits per heavy atom. The number of hydrogen-bond acceptors (Lipinski definition) is 3. The summed E-state index contributed by atoms with van der Waals surface area (Å²) in [4.78, 5) is 26.5. The van der Waals surface area contributed by atoms with Crippen molar-refractivity contribution in [2.75, 3.05) is 29.9 Å². The molecule has 1 aliphatic rings. The first kappa shape index (κ1) is 18.3. The smallest absolute Gasteiger partial charge is 0.253 e. The molecule has 1 aliphatic heterocycles. The third-order valence-electron chi connectivity index (χ3n) is 4.40. The maximum absolute atomic E-state index is 12.1. The van der Waals surface area contributed by atoms with E-state index in [9.17, 15) is 9.59 Å². The number of halogens is 1. The molecule has 5 nitrogen and oxygen atoms in total. The molecular formula is C20H22ClN3O2. The Morgan fingerprint density at radius 3 is 2.35 bits per heavy atom. The van der Waals surface area contributed by atoms with Crippen molar-refractivity contribution in [3.05, 3.63) is 59.1 Å². The molecule has 2 N–H and O–H groups in total. The Hall–Kier alpha value is -2.53. The minimum Gasteiger partial charge on any atom is -0.372 e. The second-order valence-electron chi connectivity index (χ2n) is 6.31. The number of amides is 2. The van der Waals surface area contributed by atoms with Gasteiger partial charge in [-0.1, -0.05) is 23.7 Å². The lowest BCUT2D eigenvalue weighted by Gasteiger charge is -2.28. The highest BCUT2D eigenvalue weighted by Crippen LogP contribution is 2.21. The van der Waals surface area contributed by atoms with Crippen LogP contribution in [-0.4, -0.2) is 31.4 Å². The van der Waals surface area contributed by atoms with Gasteiger partial charge in [-0.15, -0.1) is 0 Å². The summed E-state index contributed by atoms with van der Waals surface area (Å²) in [6.07, 6.45) is 3.75. The molecule has 0 aliphatic carbocycles. The second kappa shape index (κ2) is 8.72. The molecule has 0 atom stereocenters. The predicted octanol–water partition coefficient (Wildman–Crippen LogP) is 3.70. The summed E-state index contributed by atoms with van der Waals surface area (Å²) in [7, 11) is 0. The maximum atomic E-state index is 12.1. The van der Waals surface area contributed by atoms with E-state index in [4.69, 9.17) is 11.6 Å². The van der Waals surface area contributed by atoms with Gasteiger partial charge < -0.3 is 15.5 Å². The zero-order chi connectivity index (χ0) is 18.4. The molecule has 1 heterocycles. The van der Waals surface area contributed by atoms with Crippen LogP contribution < -0.4 is 15.5 Å². The molecule has 2 aromatic rings. The van der Waals surface area contributed by atoms with Gasteiger partial charge in [0.05, 0.1) is 17.1 Å². The van der Waals surface area contributed by atoms with Gasteiger partial charge in [-0.05, 0) is 55.7 Å². The summed E-state index contributed by atoms with van der Waals surface area (Å²) >= 11 is 5.98. The maximum Gasteiger partial charge on any atom is 0.253 e. The molecule has 0 unspecified atom stereocenters. The van der Waals surface area contributed by atoms with Crippen LogP contribution in [0.4, 0.5) is 11.4 Å². The number of piperidine rings is 1. The van der Waals surface area contributed by atoms with Crippen LogP contribution >= 0.6 is 11.6 Å². The summed E-state index contributed by atoms with van der Waals surface area (Å²) in [5.41, 5.74) is 2.24. The zero-order valence-corrected chi connectivity index (χ0v) is 15.3. The highest BCUT2D eigenvalue weighted by atomic mass is 35.5. The molecule has 136 valence electrons. The van der Waals surface area contributed by atoms with E-state index in [1.807, 2.05) is 24.3 Å². The van der Waals surface area contributed by atoms with Gasteiger partial charge in [0.1, 0.15) is 0 Å². The van der Waals surface area contributed by atoms with Gasteiger partial charge >= 0.3 is 0 Å². The summed E-state index contributed by atoms with van der Waals surface area (Å²) in [5, 5.41) is 5.73. The monoisotopic (exact) mass is 371 g/mol. The van der Waals surface area contributed by atoms with Crippen molar-refractivity contribution in [1.29, 1.82) is 0 Å². The number of carbonyl (C=O) groups is 2. The Balaban J connectivity index is 1.50. The first-order valence-electron chi connectivity index (χ1n) is 8.81. The van der Waals surface area contributed by atoms with Crippen molar-refractivity contribution in [1.82, 2.24) is 5.32 Å². The quantitative estimate of drug-likeness (QED) is 0.842. The first-order valence-corrected chi connectivity index (χ1v) is 9.19. The molecular weight excluding hydrogens is 350 g/mol. The van der Waals surface area contributed by atoms with Gasteiger partial charge in [-0.25, -0.2) is 0 Å². The van der Waals surface area contributed by atoms with Crippen LogP contribution in [0.3, 0.4) is 0 Å². The molecule has 0 bridgehead atoms. The molecule has 3 rings (SSSR count). The van der Waals surface area contributed by atoms with Crippen LogP contribution in [0, 0.1) is 0 Å². The van der Waals surface area contributed by atoms with E-state index in [0.717, 1.165) is 13.1 Å². The molecule has 26 heavy (non-hydrogen) atoms. The number of nitrogens with one attached hydrogen (secondary N) is 2. The highest BCUT2D eigenvalue weighted by molar-refractivity contribution is 6.33.